The number of ether oxygens (including phenoxy) is 1. The minimum absolute atomic E-state index is 0.164. The monoisotopic (exact) mass is 298 g/mol. The van der Waals surface area contributed by atoms with Crippen LogP contribution < -0.4 is 15.8 Å². The number of benzene rings is 1. The van der Waals surface area contributed by atoms with Gasteiger partial charge in [-0.15, -0.1) is 0 Å². The van der Waals surface area contributed by atoms with Gasteiger partial charge in [-0.1, -0.05) is 12.1 Å². The fraction of sp³-hybridized carbons (Fsp3) is 0.385. The van der Waals surface area contributed by atoms with Crippen LogP contribution in [0.4, 0.5) is 5.69 Å². The zero-order valence-electron chi connectivity index (χ0n) is 11.2. The van der Waals surface area contributed by atoms with E-state index in [2.05, 4.69) is 5.32 Å². The summed E-state index contributed by atoms with van der Waals surface area (Å²) < 4.78 is 5.13. The maximum absolute atomic E-state index is 11.7. The van der Waals surface area contributed by atoms with E-state index in [4.69, 9.17) is 15.6 Å². The Morgan fingerprint density at radius 2 is 2.15 bits per heavy atom. The number of hydrogen-bond acceptors (Lipinski definition) is 5. The van der Waals surface area contributed by atoms with Gasteiger partial charge in [0, 0.05) is 0 Å². The Balaban J connectivity index is 2.32. The van der Waals surface area contributed by atoms with Crippen LogP contribution in [0.25, 0.3) is 0 Å². The molecule has 0 heterocycles. The smallest absolute Gasteiger partial charge is 0.320 e. The SMILES string of the molecule is COc1ccccc1NC(=O)CSCCC(N)C(=O)O. The molecule has 20 heavy (non-hydrogen) atoms. The van der Waals surface area contributed by atoms with Gasteiger partial charge in [0.1, 0.15) is 11.8 Å². The lowest BCUT2D eigenvalue weighted by Gasteiger charge is -2.10. The van der Waals surface area contributed by atoms with Crippen molar-refractivity contribution >= 4 is 29.3 Å². The van der Waals surface area contributed by atoms with E-state index in [-0.39, 0.29) is 11.7 Å². The second-order valence-electron chi connectivity index (χ2n) is 4.03. The van der Waals surface area contributed by atoms with Gasteiger partial charge in [-0.05, 0) is 24.3 Å². The van der Waals surface area contributed by atoms with Crippen LogP contribution in [0.5, 0.6) is 5.75 Å². The summed E-state index contributed by atoms with van der Waals surface area (Å²) in [5, 5.41) is 11.4. The molecule has 0 aliphatic carbocycles. The summed E-state index contributed by atoms with van der Waals surface area (Å²) in [7, 11) is 1.53. The maximum Gasteiger partial charge on any atom is 0.320 e. The van der Waals surface area contributed by atoms with Crippen molar-refractivity contribution in [3.05, 3.63) is 24.3 Å². The number of methoxy groups -OCH3 is 1. The maximum atomic E-state index is 11.7. The molecular formula is C13H18N2O4S. The molecule has 0 bridgehead atoms. The Morgan fingerprint density at radius 3 is 2.80 bits per heavy atom. The summed E-state index contributed by atoms with van der Waals surface area (Å²) in [6.07, 6.45) is 0.335. The zero-order valence-corrected chi connectivity index (χ0v) is 12.0. The normalized spacial score (nSPS) is 11.7. The highest BCUT2D eigenvalue weighted by molar-refractivity contribution is 7.99. The van der Waals surface area contributed by atoms with E-state index < -0.39 is 12.0 Å². The molecule has 1 amide bonds. The van der Waals surface area contributed by atoms with E-state index in [1.165, 1.54) is 18.9 Å². The predicted octanol–water partition coefficient (Wildman–Crippen LogP) is 1.17. The molecule has 0 aliphatic rings. The Bertz CT molecular complexity index is 467. The highest BCUT2D eigenvalue weighted by Gasteiger charge is 2.11. The van der Waals surface area contributed by atoms with E-state index in [9.17, 15) is 9.59 Å². The first-order chi connectivity index (χ1) is 9.54. The van der Waals surface area contributed by atoms with Crippen LogP contribution in [0.1, 0.15) is 6.42 Å². The molecular weight excluding hydrogens is 280 g/mol. The molecule has 1 aromatic rings. The van der Waals surface area contributed by atoms with E-state index in [1.807, 2.05) is 6.07 Å². The van der Waals surface area contributed by atoms with Crippen molar-refractivity contribution in [3.8, 4) is 5.75 Å². The fourth-order valence-corrected chi connectivity index (χ4v) is 2.26. The summed E-state index contributed by atoms with van der Waals surface area (Å²) in [4.78, 5) is 22.2. The van der Waals surface area contributed by atoms with Crippen molar-refractivity contribution in [2.45, 2.75) is 12.5 Å². The quantitative estimate of drug-likeness (QED) is 0.623. The Kier molecular flexibility index (Phi) is 6.89. The summed E-state index contributed by atoms with van der Waals surface area (Å²) in [5.74, 6) is 0.170. The molecule has 110 valence electrons. The molecule has 4 N–H and O–H groups in total. The van der Waals surface area contributed by atoms with Crippen LogP contribution in [0.2, 0.25) is 0 Å². The third-order valence-electron chi connectivity index (χ3n) is 2.50. The second-order valence-corrected chi connectivity index (χ2v) is 5.14. The predicted molar refractivity (Wildman–Crippen MR) is 79.2 cm³/mol. The van der Waals surface area contributed by atoms with Gasteiger partial charge in [0.2, 0.25) is 5.91 Å². The van der Waals surface area contributed by atoms with E-state index >= 15 is 0 Å². The first kappa shape index (κ1) is 16.3. The van der Waals surface area contributed by atoms with Crippen LogP contribution >= 0.6 is 11.8 Å². The van der Waals surface area contributed by atoms with Crippen LogP contribution in [0.15, 0.2) is 24.3 Å². The number of carboxylic acids is 1. The third kappa shape index (κ3) is 5.50. The number of nitrogens with one attached hydrogen (secondary N) is 1. The molecule has 6 nitrogen and oxygen atoms in total. The Labute approximate surface area is 121 Å². The van der Waals surface area contributed by atoms with E-state index in [1.54, 1.807) is 18.2 Å². The van der Waals surface area contributed by atoms with Crippen molar-refractivity contribution in [2.24, 2.45) is 5.73 Å². The lowest BCUT2D eigenvalue weighted by molar-refractivity contribution is -0.138. The van der Waals surface area contributed by atoms with Crippen molar-refractivity contribution in [1.29, 1.82) is 0 Å². The number of thioether (sulfide) groups is 1. The number of amides is 1. The van der Waals surface area contributed by atoms with Crippen molar-refractivity contribution in [3.63, 3.8) is 0 Å². The fourth-order valence-electron chi connectivity index (χ4n) is 1.43. The molecule has 1 unspecified atom stereocenters. The van der Waals surface area contributed by atoms with Gasteiger partial charge in [0.25, 0.3) is 0 Å². The number of hydrogen-bond donors (Lipinski definition) is 3. The third-order valence-corrected chi connectivity index (χ3v) is 3.50. The molecule has 0 saturated heterocycles. The van der Waals surface area contributed by atoms with Crippen LogP contribution in [0.3, 0.4) is 0 Å². The minimum atomic E-state index is -1.02. The Hall–Kier alpha value is -1.73. The standard InChI is InChI=1S/C13H18N2O4S/c1-19-11-5-3-2-4-10(11)15-12(16)8-20-7-6-9(14)13(17)18/h2-5,9H,6-8,14H2,1H3,(H,15,16)(H,17,18). The van der Waals surface area contributed by atoms with Gasteiger partial charge in [-0.2, -0.15) is 11.8 Å². The second kappa shape index (κ2) is 8.44. The summed E-state index contributed by atoms with van der Waals surface area (Å²) in [5.41, 5.74) is 5.98. The van der Waals surface area contributed by atoms with Gasteiger partial charge >= 0.3 is 5.97 Å². The number of para-hydroxylation sites is 2. The number of carbonyl (C=O) groups excluding carboxylic acids is 1. The molecule has 0 spiro atoms. The number of carbonyl (C=O) groups is 2. The average Bonchev–Trinajstić information content (AvgIpc) is 2.43. The largest absolute Gasteiger partial charge is 0.495 e. The number of rotatable bonds is 8. The van der Waals surface area contributed by atoms with Gasteiger partial charge < -0.3 is 20.9 Å². The molecule has 0 aromatic heterocycles. The molecule has 1 atom stereocenters. The first-order valence-electron chi connectivity index (χ1n) is 6.03. The molecule has 0 fully saturated rings. The topological polar surface area (TPSA) is 102 Å². The summed E-state index contributed by atoms with van der Waals surface area (Å²) in [6.45, 7) is 0. The van der Waals surface area contributed by atoms with Crippen LogP contribution in [-0.4, -0.2) is 41.6 Å². The van der Waals surface area contributed by atoms with Gasteiger partial charge in [-0.3, -0.25) is 9.59 Å². The summed E-state index contributed by atoms with van der Waals surface area (Å²) in [6, 6.07) is 6.25. The van der Waals surface area contributed by atoms with Gasteiger partial charge in [-0.25, -0.2) is 0 Å². The molecule has 1 aromatic carbocycles. The lowest BCUT2D eigenvalue weighted by atomic mass is 10.2. The summed E-state index contributed by atoms with van der Waals surface area (Å²) >= 11 is 1.34. The zero-order chi connectivity index (χ0) is 15.0. The van der Waals surface area contributed by atoms with Crippen LogP contribution in [-0.2, 0) is 9.59 Å². The molecule has 7 heteroatoms. The van der Waals surface area contributed by atoms with Crippen molar-refractivity contribution in [2.75, 3.05) is 23.9 Å². The molecule has 0 saturated carbocycles. The van der Waals surface area contributed by atoms with Crippen LogP contribution in [0, 0.1) is 0 Å². The van der Waals surface area contributed by atoms with E-state index in [0.29, 0.717) is 23.6 Å². The van der Waals surface area contributed by atoms with Gasteiger partial charge in [0.15, 0.2) is 0 Å². The van der Waals surface area contributed by atoms with Gasteiger partial charge in [0.05, 0.1) is 18.6 Å². The number of anilines is 1. The number of aliphatic carboxylic acids is 1. The molecule has 0 aliphatic heterocycles. The minimum Gasteiger partial charge on any atom is -0.495 e. The highest BCUT2D eigenvalue weighted by Crippen LogP contribution is 2.23. The number of nitrogens with two attached hydrogens (primary N) is 1. The molecule has 0 radical (unpaired) electrons. The first-order valence-corrected chi connectivity index (χ1v) is 7.19. The average molecular weight is 298 g/mol. The van der Waals surface area contributed by atoms with Crippen molar-refractivity contribution in [1.82, 2.24) is 0 Å². The van der Waals surface area contributed by atoms with E-state index in [0.717, 1.165) is 0 Å². The lowest BCUT2D eigenvalue weighted by Crippen LogP contribution is -2.30. The Morgan fingerprint density at radius 1 is 1.45 bits per heavy atom. The molecule has 1 rings (SSSR count). The number of carboxylic acid groups (broad SMARTS) is 1. The highest BCUT2D eigenvalue weighted by atomic mass is 32.2. The van der Waals surface area contributed by atoms with Crippen molar-refractivity contribution < 1.29 is 19.4 Å².